The van der Waals surface area contributed by atoms with Crippen molar-refractivity contribution in [2.45, 2.75) is 32.0 Å². The number of rotatable bonds is 3. The van der Waals surface area contributed by atoms with E-state index in [1.807, 2.05) is 6.92 Å². The van der Waals surface area contributed by atoms with E-state index in [0.29, 0.717) is 12.4 Å². The molecule has 2 atom stereocenters. The quantitative estimate of drug-likeness (QED) is 0.742. The largest absolute Gasteiger partial charge is 0.382 e. The van der Waals surface area contributed by atoms with Gasteiger partial charge in [-0.1, -0.05) is 0 Å². The average molecular weight is 224 g/mol. The Bertz CT molecular complexity index is 377. The molecular weight excluding hydrogens is 208 g/mol. The minimum Gasteiger partial charge on any atom is -0.382 e. The number of amides is 1. The molecule has 1 aliphatic rings. The molecule has 1 aromatic rings. The van der Waals surface area contributed by atoms with E-state index in [-0.39, 0.29) is 24.6 Å². The lowest BCUT2D eigenvalue weighted by atomic mass is 10.1. The molecule has 1 aromatic heterocycles. The van der Waals surface area contributed by atoms with E-state index in [9.17, 15) is 4.79 Å². The smallest absolute Gasteiger partial charge is 0.242 e. The summed E-state index contributed by atoms with van der Waals surface area (Å²) in [6.07, 6.45) is 2.64. The molecular formula is C10H16N4O2. The van der Waals surface area contributed by atoms with E-state index in [1.165, 1.54) is 4.68 Å². The summed E-state index contributed by atoms with van der Waals surface area (Å²) in [6, 6.07) is 1.77. The maximum Gasteiger partial charge on any atom is 0.242 e. The van der Waals surface area contributed by atoms with Gasteiger partial charge in [-0.15, -0.1) is 0 Å². The molecule has 6 nitrogen and oxygen atoms in total. The van der Waals surface area contributed by atoms with Gasteiger partial charge in [0.25, 0.3) is 0 Å². The zero-order valence-electron chi connectivity index (χ0n) is 9.22. The number of hydrogen-bond donors (Lipinski definition) is 2. The average Bonchev–Trinajstić information content (AvgIpc) is 2.77. The van der Waals surface area contributed by atoms with Crippen molar-refractivity contribution in [2.75, 3.05) is 12.3 Å². The normalized spacial score (nSPS) is 24.6. The number of nitrogens with zero attached hydrogens (tertiary/aromatic N) is 2. The Morgan fingerprint density at radius 3 is 3.19 bits per heavy atom. The standard InChI is InChI=1S/C10H16N4O2/c1-7-8(3-5-16-7)12-10(15)6-14-4-2-9(11)13-14/h2,4,7-8H,3,5-6H2,1H3,(H2,11,13)(H,12,15). The lowest BCUT2D eigenvalue weighted by molar-refractivity contribution is -0.122. The summed E-state index contributed by atoms with van der Waals surface area (Å²) in [5.74, 6) is 0.357. The number of ether oxygens (including phenoxy) is 1. The van der Waals surface area contributed by atoms with Crippen LogP contribution in [0.2, 0.25) is 0 Å². The Morgan fingerprint density at radius 1 is 1.81 bits per heavy atom. The summed E-state index contributed by atoms with van der Waals surface area (Å²) in [5, 5.41) is 6.87. The highest BCUT2D eigenvalue weighted by atomic mass is 16.5. The first-order valence-electron chi connectivity index (χ1n) is 5.35. The topological polar surface area (TPSA) is 82.2 Å². The van der Waals surface area contributed by atoms with Gasteiger partial charge in [0.05, 0.1) is 12.1 Å². The van der Waals surface area contributed by atoms with Crippen LogP contribution in [0.5, 0.6) is 0 Å². The second kappa shape index (κ2) is 4.52. The van der Waals surface area contributed by atoms with Gasteiger partial charge in [0, 0.05) is 12.8 Å². The number of anilines is 1. The minimum absolute atomic E-state index is 0.0644. The molecule has 6 heteroatoms. The third kappa shape index (κ3) is 2.52. The number of nitrogen functional groups attached to an aromatic ring is 1. The molecule has 2 heterocycles. The second-order valence-electron chi connectivity index (χ2n) is 3.98. The molecule has 0 aromatic carbocycles. The molecule has 2 unspecified atom stereocenters. The van der Waals surface area contributed by atoms with Crippen LogP contribution < -0.4 is 11.1 Å². The SMILES string of the molecule is CC1OCCC1NC(=O)Cn1ccc(N)n1. The van der Waals surface area contributed by atoms with Gasteiger partial charge in [-0.3, -0.25) is 9.48 Å². The third-order valence-electron chi connectivity index (χ3n) is 2.69. The van der Waals surface area contributed by atoms with Crippen molar-refractivity contribution in [3.05, 3.63) is 12.3 Å². The minimum atomic E-state index is -0.0644. The Kier molecular flexibility index (Phi) is 3.09. The summed E-state index contributed by atoms with van der Waals surface area (Å²) < 4.78 is 6.88. The Morgan fingerprint density at radius 2 is 2.62 bits per heavy atom. The fraction of sp³-hybridized carbons (Fsp3) is 0.600. The molecule has 0 spiro atoms. The zero-order chi connectivity index (χ0) is 11.5. The van der Waals surface area contributed by atoms with Gasteiger partial charge in [-0.2, -0.15) is 5.10 Å². The number of carbonyl (C=O) groups is 1. The molecule has 1 amide bonds. The van der Waals surface area contributed by atoms with Gasteiger partial charge >= 0.3 is 0 Å². The maximum absolute atomic E-state index is 11.7. The van der Waals surface area contributed by atoms with Crippen molar-refractivity contribution in [3.8, 4) is 0 Å². The van der Waals surface area contributed by atoms with Crippen LogP contribution >= 0.6 is 0 Å². The predicted molar refractivity (Wildman–Crippen MR) is 58.6 cm³/mol. The van der Waals surface area contributed by atoms with Crippen LogP contribution in [0.4, 0.5) is 5.82 Å². The molecule has 88 valence electrons. The molecule has 1 aliphatic heterocycles. The summed E-state index contributed by atoms with van der Waals surface area (Å²) in [6.45, 7) is 2.87. The molecule has 0 radical (unpaired) electrons. The molecule has 3 N–H and O–H groups in total. The van der Waals surface area contributed by atoms with Gasteiger partial charge < -0.3 is 15.8 Å². The van der Waals surface area contributed by atoms with Crippen LogP contribution in [0.3, 0.4) is 0 Å². The van der Waals surface area contributed by atoms with E-state index in [1.54, 1.807) is 12.3 Å². The summed E-state index contributed by atoms with van der Waals surface area (Å²) in [5.41, 5.74) is 5.46. The Labute approximate surface area is 93.8 Å². The summed E-state index contributed by atoms with van der Waals surface area (Å²) in [7, 11) is 0. The van der Waals surface area contributed by atoms with Crippen LogP contribution in [-0.4, -0.2) is 34.4 Å². The molecule has 0 saturated carbocycles. The summed E-state index contributed by atoms with van der Waals surface area (Å²) in [4.78, 5) is 11.7. The van der Waals surface area contributed by atoms with Crippen molar-refractivity contribution in [2.24, 2.45) is 0 Å². The van der Waals surface area contributed by atoms with E-state index in [0.717, 1.165) is 6.42 Å². The van der Waals surface area contributed by atoms with Gasteiger partial charge in [0.15, 0.2) is 0 Å². The fourth-order valence-electron chi connectivity index (χ4n) is 1.79. The van der Waals surface area contributed by atoms with E-state index < -0.39 is 0 Å². The highest BCUT2D eigenvalue weighted by molar-refractivity contribution is 5.76. The van der Waals surface area contributed by atoms with Crippen molar-refractivity contribution in [3.63, 3.8) is 0 Å². The third-order valence-corrected chi connectivity index (χ3v) is 2.69. The van der Waals surface area contributed by atoms with E-state index >= 15 is 0 Å². The van der Waals surface area contributed by atoms with Crippen LogP contribution in [0, 0.1) is 0 Å². The zero-order valence-corrected chi connectivity index (χ0v) is 9.22. The lowest BCUT2D eigenvalue weighted by Gasteiger charge is -2.15. The van der Waals surface area contributed by atoms with Crippen molar-refractivity contribution < 1.29 is 9.53 Å². The molecule has 16 heavy (non-hydrogen) atoms. The number of nitrogens with two attached hydrogens (primary N) is 1. The van der Waals surface area contributed by atoms with Crippen molar-refractivity contribution in [1.29, 1.82) is 0 Å². The molecule has 2 rings (SSSR count). The van der Waals surface area contributed by atoms with E-state index in [4.69, 9.17) is 10.5 Å². The molecule has 1 saturated heterocycles. The number of hydrogen-bond acceptors (Lipinski definition) is 4. The van der Waals surface area contributed by atoms with Crippen LogP contribution in [0.15, 0.2) is 12.3 Å². The van der Waals surface area contributed by atoms with Gasteiger partial charge in [0.2, 0.25) is 5.91 Å². The van der Waals surface area contributed by atoms with Crippen LogP contribution in [0.1, 0.15) is 13.3 Å². The second-order valence-corrected chi connectivity index (χ2v) is 3.98. The Balaban J connectivity index is 1.84. The van der Waals surface area contributed by atoms with Gasteiger partial charge in [0.1, 0.15) is 12.4 Å². The van der Waals surface area contributed by atoms with Crippen molar-refractivity contribution in [1.82, 2.24) is 15.1 Å². The first-order valence-corrected chi connectivity index (χ1v) is 5.35. The first kappa shape index (κ1) is 10.9. The predicted octanol–water partition coefficient (Wildman–Crippen LogP) is -0.241. The van der Waals surface area contributed by atoms with Gasteiger partial charge in [-0.25, -0.2) is 0 Å². The number of nitrogens with one attached hydrogen (secondary N) is 1. The Hall–Kier alpha value is -1.56. The molecule has 0 aliphatic carbocycles. The first-order chi connectivity index (χ1) is 7.65. The number of carbonyl (C=O) groups excluding carboxylic acids is 1. The highest BCUT2D eigenvalue weighted by Gasteiger charge is 2.25. The van der Waals surface area contributed by atoms with Crippen molar-refractivity contribution >= 4 is 11.7 Å². The van der Waals surface area contributed by atoms with Crippen LogP contribution in [-0.2, 0) is 16.1 Å². The molecule has 1 fully saturated rings. The summed E-state index contributed by atoms with van der Waals surface area (Å²) >= 11 is 0. The number of aromatic nitrogens is 2. The van der Waals surface area contributed by atoms with Crippen LogP contribution in [0.25, 0.3) is 0 Å². The van der Waals surface area contributed by atoms with Gasteiger partial charge in [-0.05, 0) is 19.4 Å². The van der Waals surface area contributed by atoms with E-state index in [2.05, 4.69) is 10.4 Å². The lowest BCUT2D eigenvalue weighted by Crippen LogP contribution is -2.40. The monoisotopic (exact) mass is 224 g/mol. The highest BCUT2D eigenvalue weighted by Crippen LogP contribution is 2.12. The molecule has 0 bridgehead atoms. The fourth-order valence-corrected chi connectivity index (χ4v) is 1.79. The maximum atomic E-state index is 11.7.